The lowest BCUT2D eigenvalue weighted by molar-refractivity contribution is -0.757. The first kappa shape index (κ1) is 20.6. The van der Waals surface area contributed by atoms with Crippen molar-refractivity contribution in [3.8, 4) is 5.75 Å². The monoisotopic (exact) mass is 391 g/mol. The average Bonchev–Trinajstić information content (AvgIpc) is 2.59. The van der Waals surface area contributed by atoms with Crippen molar-refractivity contribution in [2.75, 3.05) is 6.61 Å². The number of carbonyl (C=O) groups excluding carboxylic acids is 1. The number of ketones is 1. The molecule has 1 heterocycles. The molecule has 3 rings (SSSR count). The maximum atomic E-state index is 12.1. The van der Waals surface area contributed by atoms with Gasteiger partial charge in [-0.05, 0) is 50.2 Å². The molecule has 1 N–H and O–H groups in total. The van der Waals surface area contributed by atoms with Gasteiger partial charge in [0.2, 0.25) is 0 Å². The van der Waals surface area contributed by atoms with Gasteiger partial charge in [0, 0.05) is 24.3 Å². The minimum atomic E-state index is -1.06. The topological polar surface area (TPSA) is 98.9 Å². The van der Waals surface area contributed by atoms with Gasteiger partial charge >= 0.3 is 0 Å². The van der Waals surface area contributed by atoms with Gasteiger partial charge in [0.15, 0.2) is 0 Å². The van der Waals surface area contributed by atoms with Crippen LogP contribution in [-0.2, 0) is 15.0 Å². The molecule has 0 amide bonds. The molecule has 0 saturated heterocycles. The quantitative estimate of drug-likeness (QED) is 0.451. The van der Waals surface area contributed by atoms with Crippen LogP contribution in [0.25, 0.3) is 0 Å². The Morgan fingerprint density at radius 2 is 2.11 bits per heavy atom. The summed E-state index contributed by atoms with van der Waals surface area (Å²) >= 11 is 0. The number of fused-ring (bicyclic) bond motifs is 3. The summed E-state index contributed by atoms with van der Waals surface area (Å²) in [5, 5.41) is 20.9. The summed E-state index contributed by atoms with van der Waals surface area (Å²) in [7, 11) is 0. The van der Waals surface area contributed by atoms with E-state index in [9.17, 15) is 20.0 Å². The Morgan fingerprint density at radius 3 is 2.79 bits per heavy atom. The Hall–Kier alpha value is -2.15. The van der Waals surface area contributed by atoms with E-state index in [1.807, 2.05) is 32.0 Å². The third-order valence-corrected chi connectivity index (χ3v) is 6.51. The van der Waals surface area contributed by atoms with Crippen molar-refractivity contribution in [3.05, 3.63) is 39.4 Å². The van der Waals surface area contributed by atoms with Gasteiger partial charge in [0.25, 0.3) is 5.09 Å². The average molecular weight is 391 g/mol. The van der Waals surface area contributed by atoms with E-state index in [1.165, 1.54) is 0 Å². The first-order chi connectivity index (χ1) is 13.0. The van der Waals surface area contributed by atoms with Gasteiger partial charge in [-0.2, -0.15) is 0 Å². The van der Waals surface area contributed by atoms with E-state index in [4.69, 9.17) is 4.74 Å². The van der Waals surface area contributed by atoms with E-state index in [0.29, 0.717) is 31.4 Å². The van der Waals surface area contributed by atoms with E-state index < -0.39 is 16.3 Å². The molecule has 1 saturated carbocycles. The second-order valence-electron chi connectivity index (χ2n) is 9.13. The molecule has 2 aliphatic rings. The summed E-state index contributed by atoms with van der Waals surface area (Å²) < 4.78 is 6.24. The number of aliphatic hydroxyl groups is 1. The second-order valence-corrected chi connectivity index (χ2v) is 9.13. The van der Waals surface area contributed by atoms with Crippen LogP contribution < -0.4 is 4.74 Å². The third kappa shape index (κ3) is 3.60. The predicted octanol–water partition coefficient (Wildman–Crippen LogP) is 3.69. The minimum absolute atomic E-state index is 0.0715. The highest BCUT2D eigenvalue weighted by atomic mass is 16.9. The number of ether oxygens (including phenoxy) is 1. The number of Topliss-reactive ketones (excluding diaryl/α,β-unsaturated/α-hetero) is 1. The molecule has 0 unspecified atom stereocenters. The van der Waals surface area contributed by atoms with Crippen LogP contribution in [-0.4, -0.2) is 33.8 Å². The molecule has 0 radical (unpaired) electrons. The van der Waals surface area contributed by atoms with Crippen molar-refractivity contribution in [3.63, 3.8) is 0 Å². The summed E-state index contributed by atoms with van der Waals surface area (Å²) in [5.74, 6) is 0.619. The number of nitrogens with zero attached hydrogens (tertiary/aromatic N) is 1. The molecule has 2 atom stereocenters. The van der Waals surface area contributed by atoms with Crippen LogP contribution in [0.2, 0.25) is 0 Å². The highest BCUT2D eigenvalue weighted by molar-refractivity contribution is 5.81. The normalized spacial score (nSPS) is 26.0. The Labute approximate surface area is 165 Å². The Balaban J connectivity index is 1.87. The van der Waals surface area contributed by atoms with Gasteiger partial charge in [0.1, 0.15) is 22.7 Å². The van der Waals surface area contributed by atoms with Crippen molar-refractivity contribution >= 4 is 5.78 Å². The largest absolute Gasteiger partial charge is 0.485 e. The molecule has 0 spiro atoms. The Bertz CT molecular complexity index is 787. The first-order valence-electron chi connectivity index (χ1n) is 9.81. The molecular formula is C21H29NO6. The first-order valence-corrected chi connectivity index (χ1v) is 9.81. The molecule has 1 aliphatic heterocycles. The van der Waals surface area contributed by atoms with Crippen molar-refractivity contribution in [2.24, 2.45) is 0 Å². The molecule has 1 aromatic rings. The number of hydrogen-bond donors (Lipinski definition) is 1. The smallest absolute Gasteiger partial charge is 0.294 e. The van der Waals surface area contributed by atoms with Crippen LogP contribution in [0.5, 0.6) is 5.75 Å². The van der Waals surface area contributed by atoms with Crippen LogP contribution >= 0.6 is 0 Å². The molecule has 7 nitrogen and oxygen atoms in total. The predicted molar refractivity (Wildman–Crippen MR) is 103 cm³/mol. The van der Waals surface area contributed by atoms with Crippen LogP contribution in [0.3, 0.4) is 0 Å². The summed E-state index contributed by atoms with van der Waals surface area (Å²) in [6.45, 7) is 7.99. The lowest BCUT2D eigenvalue weighted by Gasteiger charge is -2.53. The van der Waals surface area contributed by atoms with Crippen LogP contribution in [0.4, 0.5) is 0 Å². The van der Waals surface area contributed by atoms with Crippen LogP contribution in [0.1, 0.15) is 76.8 Å². The minimum Gasteiger partial charge on any atom is -0.485 e. The van der Waals surface area contributed by atoms with E-state index in [0.717, 1.165) is 17.5 Å². The van der Waals surface area contributed by atoms with Crippen molar-refractivity contribution < 1.29 is 24.6 Å². The molecule has 1 aromatic carbocycles. The van der Waals surface area contributed by atoms with Gasteiger partial charge in [-0.15, -0.1) is 10.1 Å². The van der Waals surface area contributed by atoms with Gasteiger partial charge in [-0.1, -0.05) is 26.0 Å². The van der Waals surface area contributed by atoms with Crippen LogP contribution in [0, 0.1) is 10.1 Å². The van der Waals surface area contributed by atoms with Gasteiger partial charge < -0.3 is 14.7 Å². The summed E-state index contributed by atoms with van der Waals surface area (Å²) in [6, 6.07) is 5.96. The molecule has 28 heavy (non-hydrogen) atoms. The number of rotatable bonds is 6. The van der Waals surface area contributed by atoms with Crippen molar-refractivity contribution in [1.82, 2.24) is 0 Å². The maximum absolute atomic E-state index is 12.1. The highest BCUT2D eigenvalue weighted by Crippen LogP contribution is 2.54. The lowest BCUT2D eigenvalue weighted by Crippen LogP contribution is -2.62. The van der Waals surface area contributed by atoms with Crippen molar-refractivity contribution in [1.29, 1.82) is 0 Å². The van der Waals surface area contributed by atoms with E-state index in [-0.39, 0.29) is 23.7 Å². The van der Waals surface area contributed by atoms with Gasteiger partial charge in [-0.25, -0.2) is 0 Å². The van der Waals surface area contributed by atoms with Crippen LogP contribution in [0.15, 0.2) is 18.2 Å². The maximum Gasteiger partial charge on any atom is 0.294 e. The summed E-state index contributed by atoms with van der Waals surface area (Å²) in [4.78, 5) is 26.8. The second kappa shape index (κ2) is 7.03. The number of carbonyl (C=O) groups is 1. The molecule has 7 heteroatoms. The third-order valence-electron chi connectivity index (χ3n) is 6.51. The molecular weight excluding hydrogens is 362 g/mol. The van der Waals surface area contributed by atoms with Crippen molar-refractivity contribution in [2.45, 2.75) is 82.3 Å². The standard InChI is InChI=1S/C21H29NO6/c1-19(2,9-5-11-27-22(25)26)14-6-7-16-17-13-15(23)8-10-21(17,24)20(3,4)28-18(16)12-14/h6-7,12,17,24H,5,8-11,13H2,1-4H3/t17-,21-/m1/s1. The molecule has 0 bridgehead atoms. The molecule has 154 valence electrons. The Morgan fingerprint density at radius 1 is 1.39 bits per heavy atom. The molecule has 0 aromatic heterocycles. The van der Waals surface area contributed by atoms with E-state index >= 15 is 0 Å². The summed E-state index contributed by atoms with van der Waals surface area (Å²) in [5.41, 5.74) is -0.154. The molecule has 1 fully saturated rings. The Kier molecular flexibility index (Phi) is 5.17. The fourth-order valence-electron chi connectivity index (χ4n) is 4.58. The zero-order valence-electron chi connectivity index (χ0n) is 17.0. The van der Waals surface area contributed by atoms with E-state index in [1.54, 1.807) is 0 Å². The van der Waals surface area contributed by atoms with Gasteiger partial charge in [-0.3, -0.25) is 4.79 Å². The number of hydrogen-bond acceptors (Lipinski definition) is 6. The fourth-order valence-corrected chi connectivity index (χ4v) is 4.58. The highest BCUT2D eigenvalue weighted by Gasteiger charge is 2.57. The van der Waals surface area contributed by atoms with E-state index in [2.05, 4.69) is 18.7 Å². The zero-order valence-corrected chi connectivity index (χ0v) is 17.0. The lowest BCUT2D eigenvalue weighted by atomic mass is 9.62. The SMILES string of the molecule is CC(C)(CCCO[N+](=O)[O-])c1ccc2c(c1)OC(C)(C)[C@@]1(O)CCC(=O)C[C@H]21. The zero-order chi connectivity index (χ0) is 20.7. The fraction of sp³-hybridized carbons (Fsp3) is 0.667. The number of benzene rings is 1. The molecule has 1 aliphatic carbocycles. The summed E-state index contributed by atoms with van der Waals surface area (Å²) in [6.07, 6.45) is 2.40. The van der Waals surface area contributed by atoms with Gasteiger partial charge in [0.05, 0.1) is 6.61 Å².